The number of hydrogen-bond donors (Lipinski definition) is 3. The molecule has 0 atom stereocenters. The number of aromatic amines is 1. The van der Waals surface area contributed by atoms with Crippen LogP contribution >= 0.6 is 0 Å². The minimum Gasteiger partial charge on any atom is -0.395 e. The predicted molar refractivity (Wildman–Crippen MR) is 57.5 cm³/mol. The Morgan fingerprint density at radius 2 is 2.47 bits per heavy atom. The zero-order valence-corrected chi connectivity index (χ0v) is 8.42. The summed E-state index contributed by atoms with van der Waals surface area (Å²) in [5.41, 5.74) is 7.51. The van der Waals surface area contributed by atoms with Gasteiger partial charge in [0, 0.05) is 12.5 Å². The fourth-order valence-corrected chi connectivity index (χ4v) is 1.47. The number of H-pyrrole nitrogens is 1. The highest BCUT2D eigenvalue weighted by Gasteiger charge is 2.30. The van der Waals surface area contributed by atoms with Crippen molar-refractivity contribution in [1.82, 2.24) is 15.5 Å². The van der Waals surface area contributed by atoms with Crippen molar-refractivity contribution >= 4 is 11.6 Å². The lowest BCUT2D eigenvalue weighted by Gasteiger charge is -1.99. The monoisotopic (exact) mass is 206 g/mol. The largest absolute Gasteiger partial charge is 0.395 e. The molecule has 5 heteroatoms. The van der Waals surface area contributed by atoms with Gasteiger partial charge in [0.05, 0.1) is 11.4 Å². The standard InChI is InChI=1S/C10H14N4O/c1-2-5-12-10(15)9-7(11)8(13-14-9)6-3-4-6/h2,6H,1,3-5,11H2,(H,12,15)(H,13,14). The Morgan fingerprint density at radius 1 is 1.73 bits per heavy atom. The summed E-state index contributed by atoms with van der Waals surface area (Å²) in [5, 5.41) is 9.41. The Labute approximate surface area is 87.7 Å². The fraction of sp³-hybridized carbons (Fsp3) is 0.400. The summed E-state index contributed by atoms with van der Waals surface area (Å²) < 4.78 is 0. The molecule has 1 aliphatic carbocycles. The van der Waals surface area contributed by atoms with Crippen molar-refractivity contribution in [1.29, 1.82) is 0 Å². The van der Waals surface area contributed by atoms with Crippen LogP contribution in [0.15, 0.2) is 12.7 Å². The summed E-state index contributed by atoms with van der Waals surface area (Å²) in [4.78, 5) is 11.6. The lowest BCUT2D eigenvalue weighted by Crippen LogP contribution is -2.24. The lowest BCUT2D eigenvalue weighted by atomic mass is 10.2. The molecule has 2 rings (SSSR count). The SMILES string of the molecule is C=CCNC(=O)c1n[nH]c(C2CC2)c1N. The number of aromatic nitrogens is 2. The molecule has 1 fully saturated rings. The average Bonchev–Trinajstić information content (AvgIpc) is 2.99. The molecule has 0 aliphatic heterocycles. The van der Waals surface area contributed by atoms with Gasteiger partial charge in [-0.25, -0.2) is 0 Å². The molecule has 80 valence electrons. The van der Waals surface area contributed by atoms with Crippen LogP contribution in [0.4, 0.5) is 5.69 Å². The lowest BCUT2D eigenvalue weighted by molar-refractivity contribution is 0.0954. The molecule has 1 saturated carbocycles. The average molecular weight is 206 g/mol. The maximum Gasteiger partial charge on any atom is 0.274 e. The van der Waals surface area contributed by atoms with Gasteiger partial charge in [0.2, 0.25) is 0 Å². The zero-order chi connectivity index (χ0) is 10.8. The van der Waals surface area contributed by atoms with Crippen molar-refractivity contribution in [2.75, 3.05) is 12.3 Å². The molecule has 0 bridgehead atoms. The maximum atomic E-state index is 11.6. The Kier molecular flexibility index (Phi) is 2.45. The van der Waals surface area contributed by atoms with Gasteiger partial charge in [0.15, 0.2) is 5.69 Å². The summed E-state index contributed by atoms with van der Waals surface area (Å²) >= 11 is 0. The number of carbonyl (C=O) groups excluding carboxylic acids is 1. The first-order chi connectivity index (χ1) is 7.24. The predicted octanol–water partition coefficient (Wildman–Crippen LogP) is 0.785. The van der Waals surface area contributed by atoms with Crippen LogP contribution in [0.1, 0.15) is 34.9 Å². The van der Waals surface area contributed by atoms with E-state index in [1.54, 1.807) is 6.08 Å². The summed E-state index contributed by atoms with van der Waals surface area (Å²) in [6.45, 7) is 3.94. The van der Waals surface area contributed by atoms with Gasteiger partial charge in [-0.1, -0.05) is 6.08 Å². The van der Waals surface area contributed by atoms with E-state index in [-0.39, 0.29) is 5.91 Å². The van der Waals surface area contributed by atoms with Crippen LogP contribution in [-0.2, 0) is 0 Å². The van der Waals surface area contributed by atoms with E-state index in [1.165, 1.54) is 0 Å². The van der Waals surface area contributed by atoms with Crippen LogP contribution in [0, 0.1) is 0 Å². The highest BCUT2D eigenvalue weighted by atomic mass is 16.1. The van der Waals surface area contributed by atoms with Gasteiger partial charge in [-0.05, 0) is 12.8 Å². The summed E-state index contributed by atoms with van der Waals surface area (Å²) in [6.07, 6.45) is 3.86. The third-order valence-electron chi connectivity index (χ3n) is 2.44. The Bertz CT molecular complexity index is 392. The van der Waals surface area contributed by atoms with Crippen LogP contribution in [0.5, 0.6) is 0 Å². The second kappa shape index (κ2) is 3.76. The summed E-state index contributed by atoms with van der Waals surface area (Å²) in [7, 11) is 0. The van der Waals surface area contributed by atoms with Crippen molar-refractivity contribution in [3.05, 3.63) is 24.0 Å². The topological polar surface area (TPSA) is 83.8 Å². The number of nitrogen functional groups attached to an aromatic ring is 1. The van der Waals surface area contributed by atoms with Gasteiger partial charge in [-0.15, -0.1) is 6.58 Å². The molecular weight excluding hydrogens is 192 g/mol. The molecule has 1 aromatic heterocycles. The van der Waals surface area contributed by atoms with Gasteiger partial charge in [0.1, 0.15) is 0 Å². The Balaban J connectivity index is 2.13. The molecular formula is C10H14N4O. The van der Waals surface area contributed by atoms with Crippen molar-refractivity contribution in [3.63, 3.8) is 0 Å². The van der Waals surface area contributed by atoms with Crippen LogP contribution in [0.3, 0.4) is 0 Å². The van der Waals surface area contributed by atoms with Crippen molar-refractivity contribution in [2.24, 2.45) is 0 Å². The molecule has 0 spiro atoms. The first-order valence-electron chi connectivity index (χ1n) is 4.97. The minimum absolute atomic E-state index is 0.254. The molecule has 1 aliphatic rings. The number of hydrogen-bond acceptors (Lipinski definition) is 3. The minimum atomic E-state index is -0.254. The molecule has 1 aromatic rings. The molecule has 5 nitrogen and oxygen atoms in total. The van der Waals surface area contributed by atoms with E-state index in [4.69, 9.17) is 5.73 Å². The highest BCUT2D eigenvalue weighted by molar-refractivity contribution is 5.97. The van der Waals surface area contributed by atoms with Crippen LogP contribution in [-0.4, -0.2) is 22.6 Å². The third-order valence-corrected chi connectivity index (χ3v) is 2.44. The van der Waals surface area contributed by atoms with Crippen LogP contribution in [0.2, 0.25) is 0 Å². The second-order valence-electron chi connectivity index (χ2n) is 3.67. The van der Waals surface area contributed by atoms with E-state index < -0.39 is 0 Å². The van der Waals surface area contributed by atoms with Crippen molar-refractivity contribution < 1.29 is 4.79 Å². The van der Waals surface area contributed by atoms with E-state index >= 15 is 0 Å². The molecule has 1 heterocycles. The van der Waals surface area contributed by atoms with E-state index in [0.29, 0.717) is 23.8 Å². The first kappa shape index (κ1) is 9.76. The van der Waals surface area contributed by atoms with Crippen LogP contribution in [0.25, 0.3) is 0 Å². The smallest absolute Gasteiger partial charge is 0.274 e. The summed E-state index contributed by atoms with van der Waals surface area (Å²) in [5.74, 6) is 0.217. The maximum absolute atomic E-state index is 11.6. The molecule has 0 unspecified atom stereocenters. The molecule has 1 amide bonds. The molecule has 15 heavy (non-hydrogen) atoms. The summed E-state index contributed by atoms with van der Waals surface area (Å²) in [6, 6.07) is 0. The van der Waals surface area contributed by atoms with Gasteiger partial charge in [-0.2, -0.15) is 5.10 Å². The van der Waals surface area contributed by atoms with Crippen LogP contribution < -0.4 is 11.1 Å². The fourth-order valence-electron chi connectivity index (χ4n) is 1.47. The molecule has 0 aromatic carbocycles. The van der Waals surface area contributed by atoms with E-state index in [2.05, 4.69) is 22.1 Å². The number of nitrogens with zero attached hydrogens (tertiary/aromatic N) is 1. The van der Waals surface area contributed by atoms with E-state index in [0.717, 1.165) is 18.5 Å². The number of amides is 1. The van der Waals surface area contributed by atoms with Crippen molar-refractivity contribution in [3.8, 4) is 0 Å². The molecule has 0 radical (unpaired) electrons. The number of nitrogens with two attached hydrogens (primary N) is 1. The number of rotatable bonds is 4. The van der Waals surface area contributed by atoms with E-state index in [9.17, 15) is 4.79 Å². The number of anilines is 1. The first-order valence-corrected chi connectivity index (χ1v) is 4.97. The third kappa shape index (κ3) is 1.86. The normalized spacial score (nSPS) is 14.9. The highest BCUT2D eigenvalue weighted by Crippen LogP contribution is 2.42. The van der Waals surface area contributed by atoms with Gasteiger partial charge in [0.25, 0.3) is 5.91 Å². The van der Waals surface area contributed by atoms with Crippen molar-refractivity contribution in [2.45, 2.75) is 18.8 Å². The zero-order valence-electron chi connectivity index (χ0n) is 8.42. The van der Waals surface area contributed by atoms with Gasteiger partial charge in [-0.3, -0.25) is 9.89 Å². The van der Waals surface area contributed by atoms with Gasteiger partial charge < -0.3 is 11.1 Å². The Morgan fingerprint density at radius 3 is 3.07 bits per heavy atom. The number of nitrogens with one attached hydrogen (secondary N) is 2. The van der Waals surface area contributed by atoms with E-state index in [1.807, 2.05) is 0 Å². The molecule has 0 saturated heterocycles. The second-order valence-corrected chi connectivity index (χ2v) is 3.67. The molecule has 4 N–H and O–H groups in total. The quantitative estimate of drug-likeness (QED) is 0.637. The van der Waals surface area contributed by atoms with Gasteiger partial charge >= 0.3 is 0 Å². The number of carbonyl (C=O) groups is 1. The Hall–Kier alpha value is -1.78.